The normalized spacial score (nSPS) is 10.1. The molecule has 0 unspecified atom stereocenters. The average Bonchev–Trinajstić information content (AvgIpc) is 2.18. The number of ketones is 1. The Labute approximate surface area is 95.0 Å². The number of thioether (sulfide) groups is 1. The summed E-state index contributed by atoms with van der Waals surface area (Å²) in [6.45, 7) is 5.65. The lowest BCUT2D eigenvalue weighted by Crippen LogP contribution is -1.95. The highest BCUT2D eigenvalue weighted by molar-refractivity contribution is 8.00. The predicted octanol–water partition coefficient (Wildman–Crippen LogP) is 2.99. The molecule has 0 aromatic heterocycles. The van der Waals surface area contributed by atoms with Crippen molar-refractivity contribution in [2.75, 3.05) is 12.9 Å². The summed E-state index contributed by atoms with van der Waals surface area (Å²) in [5.41, 5.74) is 2.26. The molecule has 0 saturated heterocycles. The molecule has 0 aliphatic carbocycles. The third-order valence-electron chi connectivity index (χ3n) is 2.12. The Kier molecular flexibility index (Phi) is 4.21. The molecule has 0 fully saturated rings. The Hall–Kier alpha value is -0.960. The molecule has 0 N–H and O–H groups in total. The first-order valence-corrected chi connectivity index (χ1v) is 5.80. The summed E-state index contributed by atoms with van der Waals surface area (Å²) in [5.74, 6) is 1.64. The fourth-order valence-corrected chi connectivity index (χ4v) is 2.22. The van der Waals surface area contributed by atoms with Crippen molar-refractivity contribution in [2.45, 2.75) is 25.7 Å². The first kappa shape index (κ1) is 12.1. The van der Waals surface area contributed by atoms with E-state index < -0.39 is 0 Å². The van der Waals surface area contributed by atoms with E-state index in [4.69, 9.17) is 4.74 Å². The molecule has 0 spiro atoms. The number of hydrogen-bond donors (Lipinski definition) is 0. The van der Waals surface area contributed by atoms with Gasteiger partial charge in [0.15, 0.2) is 0 Å². The highest BCUT2D eigenvalue weighted by Gasteiger charge is 2.06. The van der Waals surface area contributed by atoms with Crippen molar-refractivity contribution in [2.24, 2.45) is 0 Å². The molecular weight excluding hydrogens is 208 g/mol. The molecule has 0 aliphatic rings. The SMILES string of the molecule is COc1cc(C)c(SCC(C)=O)cc1C. The summed E-state index contributed by atoms with van der Waals surface area (Å²) in [7, 11) is 1.67. The number of carbonyl (C=O) groups is 1. The summed E-state index contributed by atoms with van der Waals surface area (Å²) >= 11 is 1.58. The van der Waals surface area contributed by atoms with Crippen LogP contribution in [0.5, 0.6) is 5.75 Å². The predicted molar refractivity (Wildman–Crippen MR) is 63.9 cm³/mol. The van der Waals surface area contributed by atoms with Gasteiger partial charge < -0.3 is 4.74 Å². The Balaban J connectivity index is 2.90. The van der Waals surface area contributed by atoms with Crippen LogP contribution in [0.15, 0.2) is 17.0 Å². The zero-order chi connectivity index (χ0) is 11.4. The average molecular weight is 224 g/mol. The molecular formula is C12H16O2S. The van der Waals surface area contributed by atoms with Crippen molar-refractivity contribution in [1.82, 2.24) is 0 Å². The molecule has 15 heavy (non-hydrogen) atoms. The zero-order valence-corrected chi connectivity index (χ0v) is 10.4. The molecule has 1 rings (SSSR count). The molecule has 0 heterocycles. The summed E-state index contributed by atoms with van der Waals surface area (Å²) in [4.78, 5) is 12.0. The van der Waals surface area contributed by atoms with Gasteiger partial charge in [-0.3, -0.25) is 4.79 Å². The highest BCUT2D eigenvalue weighted by atomic mass is 32.2. The third-order valence-corrected chi connectivity index (χ3v) is 3.43. The fourth-order valence-electron chi connectivity index (χ4n) is 1.32. The van der Waals surface area contributed by atoms with Crippen molar-refractivity contribution in [1.29, 1.82) is 0 Å². The van der Waals surface area contributed by atoms with E-state index in [0.29, 0.717) is 5.75 Å². The van der Waals surface area contributed by atoms with Crippen molar-refractivity contribution in [3.63, 3.8) is 0 Å². The minimum atomic E-state index is 0.202. The van der Waals surface area contributed by atoms with Gasteiger partial charge in [-0.25, -0.2) is 0 Å². The van der Waals surface area contributed by atoms with E-state index in [1.165, 1.54) is 0 Å². The standard InChI is InChI=1S/C12H16O2S/c1-8-6-12(15-7-10(3)13)9(2)5-11(8)14-4/h5-6H,7H2,1-4H3. The Morgan fingerprint density at radius 2 is 2.00 bits per heavy atom. The first-order chi connectivity index (χ1) is 7.04. The first-order valence-electron chi connectivity index (χ1n) is 4.82. The molecule has 1 aromatic rings. The number of ether oxygens (including phenoxy) is 1. The minimum Gasteiger partial charge on any atom is -0.496 e. The lowest BCUT2D eigenvalue weighted by atomic mass is 10.1. The fraction of sp³-hybridized carbons (Fsp3) is 0.417. The largest absolute Gasteiger partial charge is 0.496 e. The second kappa shape index (κ2) is 5.21. The van der Waals surface area contributed by atoms with Crippen LogP contribution in [0.2, 0.25) is 0 Å². The van der Waals surface area contributed by atoms with Gasteiger partial charge in [0.05, 0.1) is 12.9 Å². The number of Topliss-reactive ketones (excluding diaryl/α,β-unsaturated/α-hetero) is 1. The van der Waals surface area contributed by atoms with Gasteiger partial charge in [-0.05, 0) is 44.0 Å². The summed E-state index contributed by atoms with van der Waals surface area (Å²) < 4.78 is 5.23. The lowest BCUT2D eigenvalue weighted by molar-refractivity contribution is -0.114. The molecule has 0 aliphatic heterocycles. The lowest BCUT2D eigenvalue weighted by Gasteiger charge is -2.10. The van der Waals surface area contributed by atoms with Crippen LogP contribution in [0.4, 0.5) is 0 Å². The molecule has 1 aromatic carbocycles. The van der Waals surface area contributed by atoms with Crippen LogP contribution in [0.1, 0.15) is 18.1 Å². The highest BCUT2D eigenvalue weighted by Crippen LogP contribution is 2.29. The van der Waals surface area contributed by atoms with Crippen LogP contribution in [0.25, 0.3) is 0 Å². The number of rotatable bonds is 4. The van der Waals surface area contributed by atoms with Crippen LogP contribution >= 0.6 is 11.8 Å². The van der Waals surface area contributed by atoms with Crippen molar-refractivity contribution in [3.05, 3.63) is 23.3 Å². The van der Waals surface area contributed by atoms with E-state index in [1.54, 1.807) is 25.8 Å². The molecule has 0 amide bonds. The van der Waals surface area contributed by atoms with Gasteiger partial charge in [0.1, 0.15) is 11.5 Å². The quantitative estimate of drug-likeness (QED) is 0.735. The molecule has 2 nitrogen and oxygen atoms in total. The summed E-state index contributed by atoms with van der Waals surface area (Å²) in [5, 5.41) is 0. The van der Waals surface area contributed by atoms with E-state index in [1.807, 2.05) is 19.9 Å². The van der Waals surface area contributed by atoms with E-state index in [0.717, 1.165) is 21.8 Å². The maximum Gasteiger partial charge on any atom is 0.140 e. The maximum absolute atomic E-state index is 10.9. The van der Waals surface area contributed by atoms with Crippen molar-refractivity contribution >= 4 is 17.5 Å². The molecule has 0 saturated carbocycles. The molecule has 0 bridgehead atoms. The van der Waals surface area contributed by atoms with Crippen molar-refractivity contribution in [3.8, 4) is 5.75 Å². The van der Waals surface area contributed by atoms with Gasteiger partial charge in [-0.15, -0.1) is 11.8 Å². The van der Waals surface area contributed by atoms with Crippen LogP contribution in [0, 0.1) is 13.8 Å². The van der Waals surface area contributed by atoms with Gasteiger partial charge in [0.2, 0.25) is 0 Å². The summed E-state index contributed by atoms with van der Waals surface area (Å²) in [6, 6.07) is 4.08. The number of methoxy groups -OCH3 is 1. The van der Waals surface area contributed by atoms with Crippen LogP contribution in [-0.4, -0.2) is 18.6 Å². The van der Waals surface area contributed by atoms with E-state index in [2.05, 4.69) is 6.07 Å². The van der Waals surface area contributed by atoms with Gasteiger partial charge >= 0.3 is 0 Å². The Bertz CT molecular complexity index is 372. The Morgan fingerprint density at radius 3 is 2.53 bits per heavy atom. The van der Waals surface area contributed by atoms with Crippen LogP contribution in [-0.2, 0) is 4.79 Å². The molecule has 0 atom stereocenters. The molecule has 0 radical (unpaired) electrons. The van der Waals surface area contributed by atoms with Gasteiger partial charge in [0.25, 0.3) is 0 Å². The van der Waals surface area contributed by atoms with Crippen LogP contribution in [0.3, 0.4) is 0 Å². The van der Waals surface area contributed by atoms with Crippen molar-refractivity contribution < 1.29 is 9.53 Å². The van der Waals surface area contributed by atoms with Crippen LogP contribution < -0.4 is 4.74 Å². The number of hydrogen-bond acceptors (Lipinski definition) is 3. The third kappa shape index (κ3) is 3.27. The Morgan fingerprint density at radius 1 is 1.33 bits per heavy atom. The number of carbonyl (C=O) groups excluding carboxylic acids is 1. The van der Waals surface area contributed by atoms with E-state index in [9.17, 15) is 4.79 Å². The smallest absolute Gasteiger partial charge is 0.140 e. The monoisotopic (exact) mass is 224 g/mol. The second-order valence-corrected chi connectivity index (χ2v) is 4.60. The van der Waals surface area contributed by atoms with E-state index in [-0.39, 0.29) is 5.78 Å². The maximum atomic E-state index is 10.9. The molecule has 82 valence electrons. The molecule has 3 heteroatoms. The second-order valence-electron chi connectivity index (χ2n) is 3.58. The number of benzene rings is 1. The summed E-state index contributed by atoms with van der Waals surface area (Å²) in [6.07, 6.45) is 0. The van der Waals surface area contributed by atoms with Gasteiger partial charge in [-0.1, -0.05) is 0 Å². The van der Waals surface area contributed by atoms with Gasteiger partial charge in [-0.2, -0.15) is 0 Å². The topological polar surface area (TPSA) is 26.3 Å². The van der Waals surface area contributed by atoms with Gasteiger partial charge in [0, 0.05) is 4.90 Å². The number of aryl methyl sites for hydroxylation is 2. The minimum absolute atomic E-state index is 0.202. The van der Waals surface area contributed by atoms with E-state index >= 15 is 0 Å². The zero-order valence-electron chi connectivity index (χ0n) is 9.59.